The molecule has 3 heterocycles. The molecule has 0 bridgehead atoms. The number of benzene rings is 2. The second-order valence-electron chi connectivity index (χ2n) is 11.7. The predicted octanol–water partition coefficient (Wildman–Crippen LogP) is 7.88. The minimum absolute atomic E-state index is 0.396. The van der Waals surface area contributed by atoms with Gasteiger partial charge in [0.1, 0.15) is 22.7 Å². The van der Waals surface area contributed by atoms with Crippen LogP contribution in [0.4, 0.5) is 0 Å². The van der Waals surface area contributed by atoms with Crippen LogP contribution in [-0.2, 0) is 4.74 Å². The number of carbonyl (C=O) groups is 1. The molecule has 0 radical (unpaired) electrons. The topological polar surface area (TPSA) is 67.4 Å². The first-order valence-electron chi connectivity index (χ1n) is 14.9. The summed E-state index contributed by atoms with van der Waals surface area (Å²) in [5, 5.41) is 0.964. The van der Waals surface area contributed by atoms with E-state index in [4.69, 9.17) is 9.47 Å². The third kappa shape index (κ3) is 4.90. The molecule has 1 unspecified atom stereocenters. The molecule has 3 fully saturated rings. The number of aromatic nitrogens is 2. The normalized spacial score (nSPS) is 23.4. The highest BCUT2D eigenvalue weighted by Gasteiger charge is 2.37. The van der Waals surface area contributed by atoms with Gasteiger partial charge in [-0.1, -0.05) is 30.3 Å². The highest BCUT2D eigenvalue weighted by molar-refractivity contribution is 5.92. The number of carbonyl (C=O) groups excluding carboxylic acids is 1. The fourth-order valence-electron chi connectivity index (χ4n) is 7.14. The number of pyridine rings is 1. The van der Waals surface area contributed by atoms with Crippen LogP contribution in [0.5, 0.6) is 11.5 Å². The smallest absolute Gasteiger partial charge is 0.341 e. The summed E-state index contributed by atoms with van der Waals surface area (Å²) >= 11 is 0. The van der Waals surface area contributed by atoms with Crippen molar-refractivity contribution in [1.82, 2.24) is 14.9 Å². The quantitative estimate of drug-likeness (QED) is 0.244. The molecule has 4 aromatic rings. The van der Waals surface area contributed by atoms with Crippen LogP contribution in [0.2, 0.25) is 0 Å². The first-order valence-corrected chi connectivity index (χ1v) is 14.9. The maximum Gasteiger partial charge on any atom is 0.341 e. The van der Waals surface area contributed by atoms with Gasteiger partial charge in [0.25, 0.3) is 0 Å². The first-order chi connectivity index (χ1) is 19.7. The third-order valence-corrected chi connectivity index (χ3v) is 9.32. The number of rotatable bonds is 7. The van der Waals surface area contributed by atoms with Crippen molar-refractivity contribution in [3.05, 3.63) is 89.2 Å². The predicted molar refractivity (Wildman–Crippen MR) is 156 cm³/mol. The monoisotopic (exact) mass is 535 g/mol. The van der Waals surface area contributed by atoms with E-state index in [1.807, 2.05) is 30.5 Å². The van der Waals surface area contributed by atoms with Crippen LogP contribution in [0.1, 0.15) is 96.3 Å². The van der Waals surface area contributed by atoms with Crippen LogP contribution in [-0.4, -0.2) is 40.5 Å². The van der Waals surface area contributed by atoms with Gasteiger partial charge in [-0.25, -0.2) is 9.78 Å². The average Bonchev–Trinajstić information content (AvgIpc) is 3.54. The fourth-order valence-corrected chi connectivity index (χ4v) is 7.14. The molecule has 1 saturated heterocycles. The van der Waals surface area contributed by atoms with Crippen molar-refractivity contribution in [1.29, 1.82) is 0 Å². The van der Waals surface area contributed by atoms with Gasteiger partial charge in [0.2, 0.25) is 0 Å². The Labute approximate surface area is 235 Å². The second kappa shape index (κ2) is 10.7. The molecule has 2 aromatic heterocycles. The fraction of sp³-hybridized carbons (Fsp3) is 0.412. The molecule has 2 aliphatic carbocycles. The van der Waals surface area contributed by atoms with Gasteiger partial charge in [-0.2, -0.15) is 0 Å². The van der Waals surface area contributed by atoms with Crippen LogP contribution in [0.3, 0.4) is 0 Å². The molecular formula is C34H37N3O3. The SMILES string of the molecule is COC(=O)c1ccc(C2CCC(N3CCCC3c3ccccc3C3CC3)CC2)cc1Oc1cnc2[nH]ccc2c1. The molecule has 0 amide bonds. The highest BCUT2D eigenvalue weighted by Crippen LogP contribution is 2.47. The van der Waals surface area contributed by atoms with E-state index in [1.54, 1.807) is 17.3 Å². The van der Waals surface area contributed by atoms with Crippen LogP contribution < -0.4 is 4.74 Å². The van der Waals surface area contributed by atoms with E-state index in [0.717, 1.165) is 29.8 Å². The van der Waals surface area contributed by atoms with E-state index in [0.29, 0.717) is 35.1 Å². The number of aromatic amines is 1. The lowest BCUT2D eigenvalue weighted by molar-refractivity contribution is 0.0598. The number of ether oxygens (including phenoxy) is 2. The lowest BCUT2D eigenvalue weighted by Crippen LogP contribution is -2.37. The Kier molecular flexibility index (Phi) is 6.80. The summed E-state index contributed by atoms with van der Waals surface area (Å²) in [5.41, 5.74) is 5.67. The van der Waals surface area contributed by atoms with E-state index >= 15 is 0 Å². The molecule has 0 spiro atoms. The van der Waals surface area contributed by atoms with Gasteiger partial charge in [-0.3, -0.25) is 4.90 Å². The molecule has 7 rings (SSSR count). The number of nitrogens with zero attached hydrogens (tertiary/aromatic N) is 2. The van der Waals surface area contributed by atoms with Crippen molar-refractivity contribution in [3.8, 4) is 11.5 Å². The molecule has 1 N–H and O–H groups in total. The number of nitrogens with one attached hydrogen (secondary N) is 1. The zero-order chi connectivity index (χ0) is 27.1. The number of hydrogen-bond donors (Lipinski definition) is 1. The van der Waals surface area contributed by atoms with Crippen molar-refractivity contribution < 1.29 is 14.3 Å². The van der Waals surface area contributed by atoms with Crippen molar-refractivity contribution in [2.45, 2.75) is 75.3 Å². The summed E-state index contributed by atoms with van der Waals surface area (Å²) in [6, 6.07) is 20.3. The third-order valence-electron chi connectivity index (χ3n) is 9.32. The standard InChI is InChI=1S/C34H37N3O3/c1-39-34(38)30-15-12-24(20-32(30)40-27-19-25-16-17-35-33(25)36-21-27)22-10-13-26(14-11-22)37-18-4-7-31(37)29-6-3-2-5-28(29)23-8-9-23/h2-3,5-6,12,15-17,19-23,26,31H,4,7-11,13-14,18H2,1H3,(H,35,36). The summed E-state index contributed by atoms with van der Waals surface area (Å²) in [7, 11) is 1.41. The van der Waals surface area contributed by atoms with Crippen molar-refractivity contribution >= 4 is 17.0 Å². The Morgan fingerprint density at radius 1 is 0.925 bits per heavy atom. The Morgan fingerprint density at radius 3 is 2.52 bits per heavy atom. The Bertz CT molecular complexity index is 1520. The van der Waals surface area contributed by atoms with E-state index in [-0.39, 0.29) is 0 Å². The lowest BCUT2D eigenvalue weighted by Gasteiger charge is -2.39. The Hall–Kier alpha value is -3.64. The summed E-state index contributed by atoms with van der Waals surface area (Å²) in [6.07, 6.45) is 13.5. The van der Waals surface area contributed by atoms with Gasteiger partial charge in [0.15, 0.2) is 0 Å². The van der Waals surface area contributed by atoms with Gasteiger partial charge < -0.3 is 14.5 Å². The van der Waals surface area contributed by atoms with Crippen molar-refractivity contribution in [2.75, 3.05) is 13.7 Å². The highest BCUT2D eigenvalue weighted by atomic mass is 16.5. The molecular weight excluding hydrogens is 498 g/mol. The molecule has 1 atom stereocenters. The second-order valence-corrected chi connectivity index (χ2v) is 11.7. The zero-order valence-electron chi connectivity index (χ0n) is 23.1. The maximum absolute atomic E-state index is 12.6. The number of hydrogen-bond acceptors (Lipinski definition) is 5. The van der Waals surface area contributed by atoms with Gasteiger partial charge in [0, 0.05) is 23.7 Å². The molecule has 2 saturated carbocycles. The van der Waals surface area contributed by atoms with Gasteiger partial charge in [0.05, 0.1) is 13.3 Å². The van der Waals surface area contributed by atoms with E-state index in [1.165, 1.54) is 57.7 Å². The summed E-state index contributed by atoms with van der Waals surface area (Å²) in [5.74, 6) is 1.98. The summed E-state index contributed by atoms with van der Waals surface area (Å²) in [4.78, 5) is 22.9. The maximum atomic E-state index is 12.6. The largest absolute Gasteiger partial charge is 0.465 e. The lowest BCUT2D eigenvalue weighted by atomic mass is 9.80. The number of fused-ring (bicyclic) bond motifs is 1. The Morgan fingerprint density at radius 2 is 1.73 bits per heavy atom. The minimum Gasteiger partial charge on any atom is -0.465 e. The molecule has 6 nitrogen and oxygen atoms in total. The number of methoxy groups -OCH3 is 1. The minimum atomic E-state index is -0.396. The van der Waals surface area contributed by atoms with Crippen molar-refractivity contribution in [3.63, 3.8) is 0 Å². The average molecular weight is 536 g/mol. The summed E-state index contributed by atoms with van der Waals surface area (Å²) in [6.45, 7) is 1.21. The van der Waals surface area contributed by atoms with E-state index in [9.17, 15) is 4.79 Å². The molecule has 6 heteroatoms. The number of likely N-dealkylation sites (tertiary alicyclic amines) is 1. The van der Waals surface area contributed by atoms with Gasteiger partial charge >= 0.3 is 5.97 Å². The van der Waals surface area contributed by atoms with Gasteiger partial charge in [-0.15, -0.1) is 0 Å². The van der Waals surface area contributed by atoms with Crippen molar-refractivity contribution in [2.24, 2.45) is 0 Å². The van der Waals surface area contributed by atoms with Gasteiger partial charge in [-0.05, 0) is 111 Å². The van der Waals surface area contributed by atoms with Crippen LogP contribution >= 0.6 is 0 Å². The van der Waals surface area contributed by atoms with Crippen LogP contribution in [0.15, 0.2) is 67.0 Å². The molecule has 3 aliphatic rings. The first kappa shape index (κ1) is 25.3. The molecule has 2 aromatic carbocycles. The van der Waals surface area contributed by atoms with Crippen LogP contribution in [0, 0.1) is 0 Å². The zero-order valence-corrected chi connectivity index (χ0v) is 23.1. The molecule has 206 valence electrons. The Balaban J connectivity index is 1.08. The summed E-state index contributed by atoms with van der Waals surface area (Å²) < 4.78 is 11.3. The van der Waals surface area contributed by atoms with E-state index < -0.39 is 5.97 Å². The molecule has 40 heavy (non-hydrogen) atoms. The van der Waals surface area contributed by atoms with Crippen LogP contribution in [0.25, 0.3) is 11.0 Å². The number of H-pyrrole nitrogens is 1. The number of esters is 1. The van der Waals surface area contributed by atoms with E-state index in [2.05, 4.69) is 45.2 Å². The molecule has 1 aliphatic heterocycles.